The van der Waals surface area contributed by atoms with E-state index in [0.29, 0.717) is 17.8 Å². The van der Waals surface area contributed by atoms with Crippen LogP contribution >= 0.6 is 0 Å². The second-order valence-corrected chi connectivity index (χ2v) is 4.65. The minimum atomic E-state index is -0.0791. The molecule has 2 aromatic heterocycles. The van der Waals surface area contributed by atoms with Gasteiger partial charge in [-0.2, -0.15) is 0 Å². The van der Waals surface area contributed by atoms with Crippen molar-refractivity contribution in [1.29, 1.82) is 0 Å². The van der Waals surface area contributed by atoms with Gasteiger partial charge in [-0.25, -0.2) is 9.67 Å². The Morgan fingerprint density at radius 3 is 2.67 bits per heavy atom. The highest BCUT2D eigenvalue weighted by atomic mass is 16.5. The number of ether oxygens (including phenoxy) is 1. The zero-order valence-corrected chi connectivity index (χ0v) is 11.6. The maximum absolute atomic E-state index is 12.4. The Bertz CT molecular complexity index is 773. The first kappa shape index (κ1) is 13.2. The SMILES string of the molecule is COc1ccc(Cc2c[nH]n(-c3ccccn3)c2=O)cc1. The fourth-order valence-electron chi connectivity index (χ4n) is 2.15. The molecule has 21 heavy (non-hydrogen) atoms. The van der Waals surface area contributed by atoms with Crippen LogP contribution in [0.2, 0.25) is 0 Å². The molecule has 0 atom stereocenters. The summed E-state index contributed by atoms with van der Waals surface area (Å²) in [7, 11) is 1.63. The molecule has 3 aromatic rings. The Kier molecular flexibility index (Phi) is 3.55. The second kappa shape index (κ2) is 5.66. The quantitative estimate of drug-likeness (QED) is 0.797. The van der Waals surface area contributed by atoms with Crippen molar-refractivity contribution in [3.05, 3.63) is 76.3 Å². The van der Waals surface area contributed by atoms with E-state index >= 15 is 0 Å². The third kappa shape index (κ3) is 2.72. The van der Waals surface area contributed by atoms with Crippen molar-refractivity contribution in [3.63, 3.8) is 0 Å². The number of nitrogens with zero attached hydrogens (tertiary/aromatic N) is 2. The smallest absolute Gasteiger partial charge is 0.276 e. The fourth-order valence-corrected chi connectivity index (χ4v) is 2.15. The Hall–Kier alpha value is -2.82. The van der Waals surface area contributed by atoms with Crippen molar-refractivity contribution in [2.75, 3.05) is 7.11 Å². The molecule has 0 spiro atoms. The van der Waals surface area contributed by atoms with Gasteiger partial charge in [0.25, 0.3) is 5.56 Å². The lowest BCUT2D eigenvalue weighted by atomic mass is 10.1. The van der Waals surface area contributed by atoms with Gasteiger partial charge >= 0.3 is 0 Å². The van der Waals surface area contributed by atoms with Crippen LogP contribution in [0, 0.1) is 0 Å². The highest BCUT2D eigenvalue weighted by Crippen LogP contribution is 2.13. The molecule has 106 valence electrons. The van der Waals surface area contributed by atoms with E-state index in [1.54, 1.807) is 25.6 Å². The number of benzene rings is 1. The zero-order valence-electron chi connectivity index (χ0n) is 11.6. The number of hydrogen-bond acceptors (Lipinski definition) is 3. The Morgan fingerprint density at radius 2 is 2.00 bits per heavy atom. The summed E-state index contributed by atoms with van der Waals surface area (Å²) < 4.78 is 6.57. The van der Waals surface area contributed by atoms with E-state index in [2.05, 4.69) is 10.1 Å². The van der Waals surface area contributed by atoms with Crippen LogP contribution in [0.15, 0.2) is 59.7 Å². The lowest BCUT2D eigenvalue weighted by Crippen LogP contribution is -2.18. The van der Waals surface area contributed by atoms with Crippen LogP contribution in [0.4, 0.5) is 0 Å². The Labute approximate surface area is 121 Å². The van der Waals surface area contributed by atoms with Gasteiger partial charge in [-0.15, -0.1) is 0 Å². The average Bonchev–Trinajstić information content (AvgIpc) is 2.90. The molecule has 0 fully saturated rings. The summed E-state index contributed by atoms with van der Waals surface area (Å²) in [6.07, 6.45) is 3.95. The number of aromatic amines is 1. The van der Waals surface area contributed by atoms with Crippen LogP contribution in [0.5, 0.6) is 5.75 Å². The third-order valence-electron chi connectivity index (χ3n) is 3.28. The van der Waals surface area contributed by atoms with Gasteiger partial charge in [0.05, 0.1) is 7.11 Å². The molecular formula is C16H15N3O2. The molecule has 0 bridgehead atoms. The van der Waals surface area contributed by atoms with Crippen LogP contribution in [-0.2, 0) is 6.42 Å². The summed E-state index contributed by atoms with van der Waals surface area (Å²) in [4.78, 5) is 16.5. The van der Waals surface area contributed by atoms with E-state index in [1.807, 2.05) is 36.4 Å². The molecule has 0 unspecified atom stereocenters. The maximum atomic E-state index is 12.4. The molecule has 5 nitrogen and oxygen atoms in total. The summed E-state index contributed by atoms with van der Waals surface area (Å²) in [6, 6.07) is 13.1. The summed E-state index contributed by atoms with van der Waals surface area (Å²) in [6.45, 7) is 0. The van der Waals surface area contributed by atoms with Gasteiger partial charge in [0.15, 0.2) is 5.82 Å². The molecule has 1 aromatic carbocycles. The molecule has 0 radical (unpaired) electrons. The first-order valence-electron chi connectivity index (χ1n) is 6.61. The summed E-state index contributed by atoms with van der Waals surface area (Å²) >= 11 is 0. The van der Waals surface area contributed by atoms with Crippen LogP contribution < -0.4 is 10.3 Å². The lowest BCUT2D eigenvalue weighted by Gasteiger charge is -2.01. The monoisotopic (exact) mass is 281 g/mol. The summed E-state index contributed by atoms with van der Waals surface area (Å²) in [5.41, 5.74) is 1.68. The predicted octanol–water partition coefficient (Wildman–Crippen LogP) is 2.16. The van der Waals surface area contributed by atoms with Crippen LogP contribution in [0.1, 0.15) is 11.1 Å². The number of H-pyrrole nitrogens is 1. The Balaban J connectivity index is 1.87. The second-order valence-electron chi connectivity index (χ2n) is 4.65. The Morgan fingerprint density at radius 1 is 1.19 bits per heavy atom. The molecule has 3 rings (SSSR count). The number of methoxy groups -OCH3 is 1. The van der Waals surface area contributed by atoms with Crippen molar-refractivity contribution in [1.82, 2.24) is 14.8 Å². The molecular weight excluding hydrogens is 266 g/mol. The standard InChI is InChI=1S/C16H15N3O2/c1-21-14-7-5-12(6-8-14)10-13-11-18-19(16(13)20)15-4-2-3-9-17-15/h2-9,11,18H,10H2,1H3. The van der Waals surface area contributed by atoms with Crippen molar-refractivity contribution in [2.24, 2.45) is 0 Å². The van der Waals surface area contributed by atoms with Crippen LogP contribution in [0.3, 0.4) is 0 Å². The number of aromatic nitrogens is 3. The molecule has 0 amide bonds. The van der Waals surface area contributed by atoms with E-state index in [4.69, 9.17) is 4.74 Å². The van der Waals surface area contributed by atoms with Crippen molar-refractivity contribution in [3.8, 4) is 11.6 Å². The minimum Gasteiger partial charge on any atom is -0.497 e. The zero-order chi connectivity index (χ0) is 14.7. The molecule has 0 saturated carbocycles. The fraction of sp³-hybridized carbons (Fsp3) is 0.125. The molecule has 1 N–H and O–H groups in total. The van der Waals surface area contributed by atoms with Crippen LogP contribution in [-0.4, -0.2) is 21.9 Å². The molecule has 0 aliphatic rings. The highest BCUT2D eigenvalue weighted by Gasteiger charge is 2.09. The summed E-state index contributed by atoms with van der Waals surface area (Å²) in [5.74, 6) is 1.39. The van der Waals surface area contributed by atoms with E-state index in [-0.39, 0.29) is 5.56 Å². The number of nitrogens with one attached hydrogen (secondary N) is 1. The van der Waals surface area contributed by atoms with Gasteiger partial charge in [0.1, 0.15) is 5.75 Å². The van der Waals surface area contributed by atoms with Crippen molar-refractivity contribution in [2.45, 2.75) is 6.42 Å². The highest BCUT2D eigenvalue weighted by molar-refractivity contribution is 5.31. The molecule has 5 heteroatoms. The molecule has 0 aliphatic carbocycles. The van der Waals surface area contributed by atoms with Gasteiger partial charge in [0, 0.05) is 24.4 Å². The summed E-state index contributed by atoms with van der Waals surface area (Å²) in [5, 5.41) is 2.95. The molecule has 0 aliphatic heterocycles. The average molecular weight is 281 g/mol. The van der Waals surface area contributed by atoms with Gasteiger partial charge in [-0.05, 0) is 29.8 Å². The lowest BCUT2D eigenvalue weighted by molar-refractivity contribution is 0.414. The van der Waals surface area contributed by atoms with E-state index in [0.717, 1.165) is 11.3 Å². The normalized spacial score (nSPS) is 10.5. The van der Waals surface area contributed by atoms with E-state index < -0.39 is 0 Å². The molecule has 0 saturated heterocycles. The maximum Gasteiger partial charge on any atom is 0.276 e. The van der Waals surface area contributed by atoms with Gasteiger partial charge < -0.3 is 4.74 Å². The third-order valence-corrected chi connectivity index (χ3v) is 3.28. The largest absolute Gasteiger partial charge is 0.497 e. The van der Waals surface area contributed by atoms with E-state index in [1.165, 1.54) is 4.68 Å². The first-order valence-corrected chi connectivity index (χ1v) is 6.61. The first-order chi connectivity index (χ1) is 10.3. The van der Waals surface area contributed by atoms with Crippen molar-refractivity contribution < 1.29 is 4.74 Å². The van der Waals surface area contributed by atoms with Gasteiger partial charge in [-0.3, -0.25) is 9.89 Å². The number of rotatable bonds is 4. The van der Waals surface area contributed by atoms with Gasteiger partial charge in [0.2, 0.25) is 0 Å². The predicted molar refractivity (Wildman–Crippen MR) is 80.0 cm³/mol. The topological polar surface area (TPSA) is 59.9 Å². The number of hydrogen-bond donors (Lipinski definition) is 1. The minimum absolute atomic E-state index is 0.0791. The number of pyridine rings is 1. The van der Waals surface area contributed by atoms with E-state index in [9.17, 15) is 4.79 Å². The molecule has 2 heterocycles. The van der Waals surface area contributed by atoms with Crippen molar-refractivity contribution >= 4 is 0 Å². The van der Waals surface area contributed by atoms with Gasteiger partial charge in [-0.1, -0.05) is 18.2 Å². The van der Waals surface area contributed by atoms with Crippen LogP contribution in [0.25, 0.3) is 5.82 Å².